The van der Waals surface area contributed by atoms with Gasteiger partial charge in [0.05, 0.1) is 0 Å². The van der Waals surface area contributed by atoms with Gasteiger partial charge in [0.25, 0.3) is 0 Å². The third-order valence-corrected chi connectivity index (χ3v) is 9.89. The van der Waals surface area contributed by atoms with Gasteiger partial charge >= 0.3 is 0 Å². The number of benzene rings is 8. The summed E-state index contributed by atoms with van der Waals surface area (Å²) >= 11 is 0. The summed E-state index contributed by atoms with van der Waals surface area (Å²) < 4.78 is 6.57. The Morgan fingerprint density at radius 2 is 0.736 bits per heavy atom. The van der Waals surface area contributed by atoms with Gasteiger partial charge in [0.15, 0.2) is 17.5 Å². The average Bonchev–Trinajstić information content (AvgIpc) is 3.61. The zero-order chi connectivity index (χ0) is 35.1. The molecule has 4 heteroatoms. The zero-order valence-corrected chi connectivity index (χ0v) is 28.6. The van der Waals surface area contributed by atoms with Crippen LogP contribution in [0.25, 0.3) is 100 Å². The molecule has 0 aliphatic carbocycles. The molecule has 10 rings (SSSR count). The maximum atomic E-state index is 6.57. The van der Waals surface area contributed by atoms with E-state index in [1.807, 2.05) is 60.7 Å². The fourth-order valence-corrected chi connectivity index (χ4v) is 7.23. The predicted octanol–water partition coefficient (Wildman–Crippen LogP) is 12.9. The summed E-state index contributed by atoms with van der Waals surface area (Å²) in [5.74, 6) is 1.93. The first kappa shape index (κ1) is 30.6. The lowest BCUT2D eigenvalue weighted by Crippen LogP contribution is -2.00. The van der Waals surface area contributed by atoms with Crippen LogP contribution in [0, 0.1) is 0 Å². The second kappa shape index (κ2) is 12.9. The number of fused-ring (bicyclic) bond motifs is 4. The van der Waals surface area contributed by atoms with Gasteiger partial charge in [0.1, 0.15) is 11.2 Å². The molecule has 2 heterocycles. The second-order valence-electron chi connectivity index (χ2n) is 13.3. The highest BCUT2D eigenvalue weighted by Crippen LogP contribution is 2.39. The first-order chi connectivity index (χ1) is 26.2. The molecule has 10 aromatic rings. The Kier molecular flexibility index (Phi) is 7.43. The van der Waals surface area contributed by atoms with E-state index in [4.69, 9.17) is 19.4 Å². The SMILES string of the molecule is c1ccc(-c2nc(-c3ccccc3)nc(-c3cccc(-c4cccc(-c5cccc(-c6cccc7c6oc6cc8ccccc8cc67)c5)c4)c3)n2)cc1. The zero-order valence-electron chi connectivity index (χ0n) is 28.6. The molecule has 53 heavy (non-hydrogen) atoms. The van der Waals surface area contributed by atoms with Crippen molar-refractivity contribution >= 4 is 32.7 Å². The van der Waals surface area contributed by atoms with Crippen LogP contribution >= 0.6 is 0 Å². The lowest BCUT2D eigenvalue weighted by atomic mass is 9.95. The second-order valence-corrected chi connectivity index (χ2v) is 13.3. The molecular formula is C49H31N3O. The van der Waals surface area contributed by atoms with Crippen LogP contribution in [-0.4, -0.2) is 15.0 Å². The predicted molar refractivity (Wildman–Crippen MR) is 217 cm³/mol. The van der Waals surface area contributed by atoms with Crippen LogP contribution < -0.4 is 0 Å². The summed E-state index contributed by atoms with van der Waals surface area (Å²) in [6, 6.07) is 65.3. The van der Waals surface area contributed by atoms with E-state index >= 15 is 0 Å². The molecule has 8 aromatic carbocycles. The van der Waals surface area contributed by atoms with Crippen molar-refractivity contribution in [1.82, 2.24) is 15.0 Å². The summed E-state index contributed by atoms with van der Waals surface area (Å²) in [6.45, 7) is 0. The fourth-order valence-electron chi connectivity index (χ4n) is 7.23. The van der Waals surface area contributed by atoms with Crippen molar-refractivity contribution < 1.29 is 4.42 Å². The first-order valence-corrected chi connectivity index (χ1v) is 17.8. The van der Waals surface area contributed by atoms with Crippen molar-refractivity contribution in [2.45, 2.75) is 0 Å². The van der Waals surface area contributed by atoms with E-state index in [1.165, 1.54) is 10.8 Å². The largest absolute Gasteiger partial charge is 0.455 e. The van der Waals surface area contributed by atoms with Gasteiger partial charge in [-0.25, -0.2) is 15.0 Å². The normalized spacial score (nSPS) is 11.4. The maximum Gasteiger partial charge on any atom is 0.164 e. The molecule has 0 saturated carbocycles. The van der Waals surface area contributed by atoms with Gasteiger partial charge in [-0.05, 0) is 68.9 Å². The van der Waals surface area contributed by atoms with E-state index in [1.54, 1.807) is 0 Å². The van der Waals surface area contributed by atoms with Gasteiger partial charge in [-0.2, -0.15) is 0 Å². The van der Waals surface area contributed by atoms with Crippen molar-refractivity contribution in [3.8, 4) is 67.5 Å². The maximum absolute atomic E-state index is 6.57. The number of aromatic nitrogens is 3. The lowest BCUT2D eigenvalue weighted by Gasteiger charge is -2.11. The van der Waals surface area contributed by atoms with E-state index in [9.17, 15) is 0 Å². The molecule has 248 valence electrons. The first-order valence-electron chi connectivity index (χ1n) is 17.8. The molecular weight excluding hydrogens is 647 g/mol. The van der Waals surface area contributed by atoms with E-state index < -0.39 is 0 Å². The number of hydrogen-bond acceptors (Lipinski definition) is 4. The molecule has 0 bridgehead atoms. The number of hydrogen-bond donors (Lipinski definition) is 0. The minimum absolute atomic E-state index is 0.635. The van der Waals surface area contributed by atoms with Gasteiger partial charge in [0.2, 0.25) is 0 Å². The van der Waals surface area contributed by atoms with E-state index in [0.29, 0.717) is 17.5 Å². The molecule has 0 saturated heterocycles. The topological polar surface area (TPSA) is 51.8 Å². The van der Waals surface area contributed by atoms with Crippen molar-refractivity contribution in [1.29, 1.82) is 0 Å². The van der Waals surface area contributed by atoms with Crippen LogP contribution in [0.4, 0.5) is 0 Å². The highest BCUT2D eigenvalue weighted by Gasteiger charge is 2.15. The molecule has 4 nitrogen and oxygen atoms in total. The Morgan fingerprint density at radius 1 is 0.302 bits per heavy atom. The Bertz CT molecular complexity index is 2890. The van der Waals surface area contributed by atoms with E-state index in [-0.39, 0.29) is 0 Å². The van der Waals surface area contributed by atoms with Gasteiger partial charge in [-0.3, -0.25) is 0 Å². The Balaban J connectivity index is 1.02. The molecule has 0 unspecified atom stereocenters. The summed E-state index contributed by atoms with van der Waals surface area (Å²) in [6.07, 6.45) is 0. The molecule has 0 aliphatic heterocycles. The van der Waals surface area contributed by atoms with Crippen LogP contribution in [-0.2, 0) is 0 Å². The minimum Gasteiger partial charge on any atom is -0.455 e. The van der Waals surface area contributed by atoms with E-state index in [0.717, 1.165) is 72.0 Å². The van der Waals surface area contributed by atoms with Gasteiger partial charge in [-0.1, -0.05) is 158 Å². The van der Waals surface area contributed by atoms with Gasteiger partial charge in [-0.15, -0.1) is 0 Å². The van der Waals surface area contributed by atoms with Crippen LogP contribution in [0.1, 0.15) is 0 Å². The monoisotopic (exact) mass is 677 g/mol. The van der Waals surface area contributed by atoms with Crippen molar-refractivity contribution in [2.75, 3.05) is 0 Å². The molecule has 0 aliphatic rings. The van der Waals surface area contributed by atoms with Crippen LogP contribution in [0.3, 0.4) is 0 Å². The van der Waals surface area contributed by atoms with Crippen LogP contribution in [0.5, 0.6) is 0 Å². The molecule has 0 N–H and O–H groups in total. The fraction of sp³-hybridized carbons (Fsp3) is 0. The minimum atomic E-state index is 0.635. The standard InChI is InChI=1S/C49H31N3O/c1-3-13-32(14-4-1)47-50-48(33-15-5-2-6-16-33)52-49(51-47)41-24-11-22-37(29-41)35-20-9-19-34(27-35)36-21-10-23-40(28-36)42-25-12-26-43-44-30-38-17-7-8-18-39(38)31-45(44)53-46(42)43/h1-31H. The summed E-state index contributed by atoms with van der Waals surface area (Å²) in [4.78, 5) is 14.8. The summed E-state index contributed by atoms with van der Waals surface area (Å²) in [7, 11) is 0. The number of furan rings is 1. The summed E-state index contributed by atoms with van der Waals surface area (Å²) in [5.41, 5.74) is 11.3. The Hall–Kier alpha value is -7.17. The van der Waals surface area contributed by atoms with Crippen molar-refractivity contribution in [3.63, 3.8) is 0 Å². The number of para-hydroxylation sites is 1. The van der Waals surface area contributed by atoms with Gasteiger partial charge in [0, 0.05) is 33.0 Å². The van der Waals surface area contributed by atoms with Crippen molar-refractivity contribution in [3.05, 3.63) is 188 Å². The highest BCUT2D eigenvalue weighted by molar-refractivity contribution is 6.13. The highest BCUT2D eigenvalue weighted by atomic mass is 16.3. The number of nitrogens with zero attached hydrogens (tertiary/aromatic N) is 3. The third-order valence-electron chi connectivity index (χ3n) is 9.89. The molecule has 0 atom stereocenters. The van der Waals surface area contributed by atoms with E-state index in [2.05, 4.69) is 127 Å². The quantitative estimate of drug-likeness (QED) is 0.176. The van der Waals surface area contributed by atoms with Crippen LogP contribution in [0.2, 0.25) is 0 Å². The molecule has 0 spiro atoms. The van der Waals surface area contributed by atoms with Crippen LogP contribution in [0.15, 0.2) is 192 Å². The van der Waals surface area contributed by atoms with Gasteiger partial charge < -0.3 is 4.42 Å². The van der Waals surface area contributed by atoms with Crippen molar-refractivity contribution in [2.24, 2.45) is 0 Å². The lowest BCUT2D eigenvalue weighted by molar-refractivity contribution is 0.670. The number of rotatable bonds is 6. The molecule has 0 amide bonds. The Morgan fingerprint density at radius 3 is 1.34 bits per heavy atom. The summed E-state index contributed by atoms with van der Waals surface area (Å²) in [5, 5.41) is 4.65. The average molecular weight is 678 g/mol. The smallest absolute Gasteiger partial charge is 0.164 e. The molecule has 0 fully saturated rings. The third kappa shape index (κ3) is 5.73. The molecule has 0 radical (unpaired) electrons. The molecule has 2 aromatic heterocycles. The Labute approximate surface area is 306 Å².